The van der Waals surface area contributed by atoms with Crippen molar-refractivity contribution in [3.05, 3.63) is 50.7 Å². The fourth-order valence-corrected chi connectivity index (χ4v) is 3.82. The lowest BCUT2D eigenvalue weighted by atomic mass is 10.2. The zero-order chi connectivity index (χ0) is 20.6. The van der Waals surface area contributed by atoms with E-state index >= 15 is 0 Å². The third-order valence-electron chi connectivity index (χ3n) is 3.88. The number of halogens is 1. The van der Waals surface area contributed by atoms with Crippen LogP contribution in [-0.4, -0.2) is 32.2 Å². The minimum Gasteiger partial charge on any atom is -0.352 e. The Morgan fingerprint density at radius 2 is 1.86 bits per heavy atom. The van der Waals surface area contributed by atoms with Gasteiger partial charge in [-0.2, -0.15) is 0 Å². The summed E-state index contributed by atoms with van der Waals surface area (Å²) in [4.78, 5) is 24.1. The largest absolute Gasteiger partial charge is 0.352 e. The van der Waals surface area contributed by atoms with Gasteiger partial charge in [0.05, 0.1) is 0 Å². The van der Waals surface area contributed by atoms with Crippen LogP contribution in [0.15, 0.2) is 24.3 Å². The first kappa shape index (κ1) is 20.9. The van der Waals surface area contributed by atoms with Gasteiger partial charge in [-0.25, -0.2) is 4.39 Å². The highest BCUT2D eigenvalue weighted by molar-refractivity contribution is 7.16. The molecule has 29 heavy (non-hydrogen) atoms. The van der Waals surface area contributed by atoms with Gasteiger partial charge in [0.1, 0.15) is 15.8 Å². The molecule has 0 aliphatic carbocycles. The Kier molecular flexibility index (Phi) is 7.30. The van der Waals surface area contributed by atoms with Crippen molar-refractivity contribution in [2.45, 2.75) is 39.2 Å². The highest BCUT2D eigenvalue weighted by atomic mass is 32.1. The number of aromatic nitrogens is 4. The molecule has 11 heteroatoms. The van der Waals surface area contributed by atoms with Crippen LogP contribution in [0.25, 0.3) is 0 Å². The Hall–Kier alpha value is -2.79. The number of benzene rings is 1. The molecular formula is C18H19FN6O2S2. The normalized spacial score (nSPS) is 10.7. The first-order valence-electron chi connectivity index (χ1n) is 9.01. The van der Waals surface area contributed by atoms with Crippen molar-refractivity contribution in [2.75, 3.05) is 5.32 Å². The molecular weight excluding hydrogens is 415 g/mol. The topological polar surface area (TPSA) is 110 Å². The quantitative estimate of drug-likeness (QED) is 0.536. The highest BCUT2D eigenvalue weighted by Crippen LogP contribution is 2.18. The molecule has 0 aliphatic rings. The Labute approximate surface area is 174 Å². The van der Waals surface area contributed by atoms with E-state index in [0.717, 1.165) is 11.4 Å². The average molecular weight is 435 g/mol. The summed E-state index contributed by atoms with van der Waals surface area (Å²) in [6.07, 6.45) is 2.11. The maximum absolute atomic E-state index is 13.5. The number of aryl methyl sites for hydroxylation is 2. The number of hydrogen-bond acceptors (Lipinski definition) is 8. The van der Waals surface area contributed by atoms with Crippen LogP contribution in [0.1, 0.15) is 45.1 Å². The standard InChI is InChI=1S/C18H19FN6O2S2/c1-2-14-22-25-18(29-14)21-16(27)17-24-23-15(28-17)9-5-8-13(26)20-10-11-6-3-4-7-12(11)19/h3-4,6-7H,2,5,8-10H2,1H3,(H,20,26)(H,21,25,27). The van der Waals surface area contributed by atoms with Gasteiger partial charge in [0, 0.05) is 24.9 Å². The Morgan fingerprint density at radius 1 is 1.07 bits per heavy atom. The molecule has 2 amide bonds. The van der Waals surface area contributed by atoms with Crippen LogP contribution in [0.2, 0.25) is 0 Å². The van der Waals surface area contributed by atoms with Crippen molar-refractivity contribution in [2.24, 2.45) is 0 Å². The number of carbonyl (C=O) groups excluding carboxylic acids is 2. The van der Waals surface area contributed by atoms with Gasteiger partial charge in [-0.15, -0.1) is 20.4 Å². The van der Waals surface area contributed by atoms with Crippen LogP contribution in [-0.2, 0) is 24.2 Å². The molecule has 0 saturated carbocycles. The summed E-state index contributed by atoms with van der Waals surface area (Å²) >= 11 is 2.50. The number of amides is 2. The second-order valence-corrected chi connectivity index (χ2v) is 8.16. The Bertz CT molecular complexity index is 990. The van der Waals surface area contributed by atoms with Gasteiger partial charge in [0.2, 0.25) is 16.0 Å². The van der Waals surface area contributed by atoms with E-state index in [0.29, 0.717) is 28.5 Å². The SMILES string of the molecule is CCc1nnc(NC(=O)c2nnc(CCCC(=O)NCc3ccccc3F)s2)s1. The summed E-state index contributed by atoms with van der Waals surface area (Å²) < 4.78 is 13.5. The van der Waals surface area contributed by atoms with E-state index < -0.39 is 0 Å². The molecule has 1 aromatic carbocycles. The number of hydrogen-bond donors (Lipinski definition) is 2. The average Bonchev–Trinajstić information content (AvgIpc) is 3.37. The van der Waals surface area contributed by atoms with Gasteiger partial charge in [-0.1, -0.05) is 47.8 Å². The molecule has 0 atom stereocenters. The zero-order valence-corrected chi connectivity index (χ0v) is 17.3. The Morgan fingerprint density at radius 3 is 2.62 bits per heavy atom. The second kappa shape index (κ2) is 10.1. The van der Waals surface area contributed by atoms with E-state index in [1.54, 1.807) is 18.2 Å². The monoisotopic (exact) mass is 434 g/mol. The van der Waals surface area contributed by atoms with Crippen LogP contribution in [0.4, 0.5) is 9.52 Å². The Balaban J connectivity index is 1.41. The molecule has 152 valence electrons. The van der Waals surface area contributed by atoms with E-state index in [-0.39, 0.29) is 35.6 Å². The fourth-order valence-electron chi connectivity index (χ4n) is 2.37. The molecule has 0 saturated heterocycles. The molecule has 3 aromatic rings. The van der Waals surface area contributed by atoms with Crippen molar-refractivity contribution >= 4 is 39.6 Å². The molecule has 0 unspecified atom stereocenters. The highest BCUT2D eigenvalue weighted by Gasteiger charge is 2.15. The van der Waals surface area contributed by atoms with Crippen LogP contribution in [0.5, 0.6) is 0 Å². The second-order valence-electron chi connectivity index (χ2n) is 6.03. The first-order chi connectivity index (χ1) is 14.0. The van der Waals surface area contributed by atoms with Gasteiger partial charge < -0.3 is 5.32 Å². The summed E-state index contributed by atoms with van der Waals surface area (Å²) in [5.74, 6) is -0.888. The summed E-state index contributed by atoms with van der Waals surface area (Å²) in [5.41, 5.74) is 0.446. The van der Waals surface area contributed by atoms with Crippen molar-refractivity contribution in [3.63, 3.8) is 0 Å². The molecule has 0 bridgehead atoms. The summed E-state index contributed by atoms with van der Waals surface area (Å²) in [5, 5.41) is 23.3. The predicted molar refractivity (Wildman–Crippen MR) is 108 cm³/mol. The van der Waals surface area contributed by atoms with Crippen molar-refractivity contribution in [3.8, 4) is 0 Å². The van der Waals surface area contributed by atoms with Gasteiger partial charge in [-0.05, 0) is 18.9 Å². The van der Waals surface area contributed by atoms with Gasteiger partial charge >= 0.3 is 0 Å². The molecule has 0 fully saturated rings. The maximum atomic E-state index is 13.5. The van der Waals surface area contributed by atoms with Crippen LogP contribution < -0.4 is 10.6 Å². The molecule has 2 aromatic heterocycles. The number of anilines is 1. The van der Waals surface area contributed by atoms with E-state index in [4.69, 9.17) is 0 Å². The lowest BCUT2D eigenvalue weighted by Gasteiger charge is -2.05. The number of carbonyl (C=O) groups is 2. The number of rotatable bonds is 9. The maximum Gasteiger partial charge on any atom is 0.288 e. The fraction of sp³-hybridized carbons (Fsp3) is 0.333. The van der Waals surface area contributed by atoms with Crippen LogP contribution >= 0.6 is 22.7 Å². The molecule has 0 aliphatic heterocycles. The summed E-state index contributed by atoms with van der Waals surface area (Å²) in [6, 6.07) is 6.32. The molecule has 3 rings (SSSR count). The minimum absolute atomic E-state index is 0.153. The molecule has 8 nitrogen and oxygen atoms in total. The van der Waals surface area contributed by atoms with Crippen molar-refractivity contribution in [1.82, 2.24) is 25.7 Å². The predicted octanol–water partition coefficient (Wildman–Crippen LogP) is 2.98. The summed E-state index contributed by atoms with van der Waals surface area (Å²) in [7, 11) is 0. The molecule has 2 heterocycles. The minimum atomic E-state index is -0.379. The third-order valence-corrected chi connectivity index (χ3v) is 5.84. The lowest BCUT2D eigenvalue weighted by Crippen LogP contribution is -2.23. The zero-order valence-electron chi connectivity index (χ0n) is 15.6. The van der Waals surface area contributed by atoms with Gasteiger partial charge in [0.15, 0.2) is 0 Å². The van der Waals surface area contributed by atoms with E-state index in [1.807, 2.05) is 6.92 Å². The van der Waals surface area contributed by atoms with Crippen molar-refractivity contribution in [1.29, 1.82) is 0 Å². The third kappa shape index (κ3) is 6.09. The first-order valence-corrected chi connectivity index (χ1v) is 10.6. The summed E-state index contributed by atoms with van der Waals surface area (Å²) in [6.45, 7) is 2.11. The van der Waals surface area contributed by atoms with Gasteiger partial charge in [-0.3, -0.25) is 14.9 Å². The van der Waals surface area contributed by atoms with E-state index in [2.05, 4.69) is 31.0 Å². The molecule has 0 radical (unpaired) electrons. The number of nitrogens with zero attached hydrogens (tertiary/aromatic N) is 4. The van der Waals surface area contributed by atoms with Crippen molar-refractivity contribution < 1.29 is 14.0 Å². The van der Waals surface area contributed by atoms with E-state index in [9.17, 15) is 14.0 Å². The lowest BCUT2D eigenvalue weighted by molar-refractivity contribution is -0.121. The smallest absolute Gasteiger partial charge is 0.288 e. The van der Waals surface area contributed by atoms with E-state index in [1.165, 1.54) is 28.7 Å². The molecule has 0 spiro atoms. The van der Waals surface area contributed by atoms with Crippen LogP contribution in [0, 0.1) is 5.82 Å². The molecule has 2 N–H and O–H groups in total. The van der Waals surface area contributed by atoms with Crippen LogP contribution in [0.3, 0.4) is 0 Å². The van der Waals surface area contributed by atoms with Gasteiger partial charge in [0.25, 0.3) is 5.91 Å². The number of nitrogens with one attached hydrogen (secondary N) is 2.